The number of benzene rings is 1. The molecule has 0 spiro atoms. The minimum Gasteiger partial charge on any atom is -0.479 e. The maximum atomic E-state index is 12.0. The standard InChI is InChI=1S/C16H20N2O5/c19-13(6-7-14(20)18-8-10-23-11-9-18)17-15(16(21)22)12-4-2-1-3-5-12/h1-5,15H,6-11H2,(H,17,19)(H,21,22)/t15-/m0/s1. The Morgan fingerprint density at radius 2 is 1.78 bits per heavy atom. The number of carbonyl (C=O) groups is 3. The van der Waals surface area contributed by atoms with E-state index in [-0.39, 0.29) is 18.7 Å². The third-order valence-corrected chi connectivity index (χ3v) is 3.61. The van der Waals surface area contributed by atoms with Crippen molar-refractivity contribution in [3.63, 3.8) is 0 Å². The summed E-state index contributed by atoms with van der Waals surface area (Å²) < 4.78 is 5.16. The highest BCUT2D eigenvalue weighted by atomic mass is 16.5. The lowest BCUT2D eigenvalue weighted by Crippen LogP contribution is -2.41. The fraction of sp³-hybridized carbons (Fsp3) is 0.438. The van der Waals surface area contributed by atoms with Crippen LogP contribution in [0, 0.1) is 0 Å². The molecule has 0 unspecified atom stereocenters. The number of carboxylic acid groups (broad SMARTS) is 1. The molecule has 2 rings (SSSR count). The second kappa shape index (κ2) is 8.28. The second-order valence-electron chi connectivity index (χ2n) is 5.24. The topological polar surface area (TPSA) is 95.9 Å². The lowest BCUT2D eigenvalue weighted by Gasteiger charge is -2.26. The number of carbonyl (C=O) groups excluding carboxylic acids is 2. The Bertz CT molecular complexity index is 555. The molecular weight excluding hydrogens is 300 g/mol. The Hall–Kier alpha value is -2.41. The second-order valence-corrected chi connectivity index (χ2v) is 5.24. The SMILES string of the molecule is O=C(CCC(=O)N1CCOCC1)N[C@H](C(=O)O)c1ccccc1. The van der Waals surface area contributed by atoms with E-state index in [1.54, 1.807) is 35.2 Å². The number of nitrogens with one attached hydrogen (secondary N) is 1. The first-order chi connectivity index (χ1) is 11.1. The Labute approximate surface area is 134 Å². The summed E-state index contributed by atoms with van der Waals surface area (Å²) in [6.45, 7) is 2.07. The van der Waals surface area contributed by atoms with Crippen LogP contribution in [0.5, 0.6) is 0 Å². The highest BCUT2D eigenvalue weighted by molar-refractivity contribution is 5.87. The summed E-state index contributed by atoms with van der Waals surface area (Å²) >= 11 is 0. The van der Waals surface area contributed by atoms with Gasteiger partial charge in [0.1, 0.15) is 0 Å². The van der Waals surface area contributed by atoms with E-state index in [0.717, 1.165) is 0 Å². The first-order valence-corrected chi connectivity index (χ1v) is 7.50. The zero-order valence-corrected chi connectivity index (χ0v) is 12.7. The van der Waals surface area contributed by atoms with Crippen LogP contribution < -0.4 is 5.32 Å². The molecule has 124 valence electrons. The van der Waals surface area contributed by atoms with Crippen molar-refractivity contribution in [2.45, 2.75) is 18.9 Å². The summed E-state index contributed by atoms with van der Waals surface area (Å²) in [5.74, 6) is -1.71. The molecule has 0 aliphatic carbocycles. The maximum Gasteiger partial charge on any atom is 0.330 e. The molecule has 23 heavy (non-hydrogen) atoms. The number of hydrogen-bond donors (Lipinski definition) is 2. The van der Waals surface area contributed by atoms with Gasteiger partial charge in [-0.25, -0.2) is 4.79 Å². The normalized spacial score (nSPS) is 15.7. The average Bonchev–Trinajstić information content (AvgIpc) is 2.58. The highest BCUT2D eigenvalue weighted by Crippen LogP contribution is 2.13. The van der Waals surface area contributed by atoms with Crippen molar-refractivity contribution in [1.82, 2.24) is 10.2 Å². The average molecular weight is 320 g/mol. The number of amides is 2. The summed E-state index contributed by atoms with van der Waals surface area (Å²) in [4.78, 5) is 36.9. The van der Waals surface area contributed by atoms with Crippen molar-refractivity contribution in [1.29, 1.82) is 0 Å². The summed E-state index contributed by atoms with van der Waals surface area (Å²) in [6, 6.07) is 7.35. The minimum absolute atomic E-state index is 0.0349. The number of rotatable bonds is 6. The van der Waals surface area contributed by atoms with Crippen molar-refractivity contribution >= 4 is 17.8 Å². The number of aliphatic carboxylic acids is 1. The van der Waals surface area contributed by atoms with Gasteiger partial charge in [-0.3, -0.25) is 9.59 Å². The monoisotopic (exact) mass is 320 g/mol. The molecule has 1 atom stereocenters. The van der Waals surface area contributed by atoms with Crippen LogP contribution in [0.1, 0.15) is 24.4 Å². The van der Waals surface area contributed by atoms with Crippen molar-refractivity contribution in [3.05, 3.63) is 35.9 Å². The molecule has 1 fully saturated rings. The highest BCUT2D eigenvalue weighted by Gasteiger charge is 2.23. The zero-order chi connectivity index (χ0) is 16.7. The third-order valence-electron chi connectivity index (χ3n) is 3.61. The predicted octanol–water partition coefficient (Wildman–Crippen LogP) is 0.568. The van der Waals surface area contributed by atoms with Crippen LogP contribution in [-0.2, 0) is 19.1 Å². The van der Waals surface area contributed by atoms with Gasteiger partial charge in [0.15, 0.2) is 6.04 Å². The summed E-state index contributed by atoms with van der Waals surface area (Å²) in [5, 5.41) is 11.7. The first-order valence-electron chi connectivity index (χ1n) is 7.50. The van der Waals surface area contributed by atoms with Gasteiger partial charge in [-0.2, -0.15) is 0 Å². The molecule has 2 amide bonds. The van der Waals surface area contributed by atoms with E-state index >= 15 is 0 Å². The van der Waals surface area contributed by atoms with Crippen LogP contribution >= 0.6 is 0 Å². The van der Waals surface area contributed by atoms with Gasteiger partial charge in [-0.1, -0.05) is 30.3 Å². The van der Waals surface area contributed by atoms with E-state index in [2.05, 4.69) is 5.32 Å². The Balaban J connectivity index is 1.85. The molecule has 7 nitrogen and oxygen atoms in total. The van der Waals surface area contributed by atoms with E-state index in [4.69, 9.17) is 4.74 Å². The fourth-order valence-corrected chi connectivity index (χ4v) is 2.36. The predicted molar refractivity (Wildman–Crippen MR) is 81.6 cm³/mol. The van der Waals surface area contributed by atoms with Crippen LogP contribution in [0.25, 0.3) is 0 Å². The Morgan fingerprint density at radius 1 is 1.13 bits per heavy atom. The van der Waals surface area contributed by atoms with E-state index in [0.29, 0.717) is 31.9 Å². The van der Waals surface area contributed by atoms with Gasteiger partial charge in [0.05, 0.1) is 13.2 Å². The van der Waals surface area contributed by atoms with Gasteiger partial charge in [0.25, 0.3) is 0 Å². The zero-order valence-electron chi connectivity index (χ0n) is 12.7. The molecule has 0 bridgehead atoms. The fourth-order valence-electron chi connectivity index (χ4n) is 2.36. The van der Waals surface area contributed by atoms with Crippen LogP contribution in [0.3, 0.4) is 0 Å². The summed E-state index contributed by atoms with van der Waals surface area (Å²) in [6.07, 6.45) is 0.0275. The number of ether oxygens (including phenoxy) is 1. The van der Waals surface area contributed by atoms with E-state index in [1.165, 1.54) is 0 Å². The molecule has 1 saturated heterocycles. The summed E-state index contributed by atoms with van der Waals surface area (Å²) in [5.41, 5.74) is 0.493. The third kappa shape index (κ3) is 5.07. The van der Waals surface area contributed by atoms with Crippen LogP contribution in [0.15, 0.2) is 30.3 Å². The Kier molecular flexibility index (Phi) is 6.10. The van der Waals surface area contributed by atoms with Crippen LogP contribution in [-0.4, -0.2) is 54.1 Å². The molecule has 2 N–H and O–H groups in total. The largest absolute Gasteiger partial charge is 0.479 e. The Morgan fingerprint density at radius 3 is 2.39 bits per heavy atom. The maximum absolute atomic E-state index is 12.0. The molecule has 1 aliphatic heterocycles. The van der Waals surface area contributed by atoms with Crippen LogP contribution in [0.2, 0.25) is 0 Å². The number of hydrogen-bond acceptors (Lipinski definition) is 4. The molecule has 1 aliphatic rings. The molecule has 1 aromatic rings. The number of morpholine rings is 1. The van der Waals surface area contributed by atoms with E-state index < -0.39 is 17.9 Å². The van der Waals surface area contributed by atoms with Gasteiger partial charge in [0, 0.05) is 25.9 Å². The number of nitrogens with zero attached hydrogens (tertiary/aromatic N) is 1. The van der Waals surface area contributed by atoms with Crippen LogP contribution in [0.4, 0.5) is 0 Å². The molecule has 0 aromatic heterocycles. The molecule has 0 saturated carbocycles. The van der Waals surface area contributed by atoms with Gasteiger partial charge >= 0.3 is 5.97 Å². The smallest absolute Gasteiger partial charge is 0.330 e. The first kappa shape index (κ1) is 17.0. The van der Waals surface area contributed by atoms with Crippen molar-refractivity contribution in [2.75, 3.05) is 26.3 Å². The van der Waals surface area contributed by atoms with Crippen molar-refractivity contribution in [3.8, 4) is 0 Å². The molecule has 1 aromatic carbocycles. The van der Waals surface area contributed by atoms with Crippen molar-refractivity contribution < 1.29 is 24.2 Å². The molecule has 0 radical (unpaired) electrons. The van der Waals surface area contributed by atoms with Gasteiger partial charge in [-0.15, -0.1) is 0 Å². The minimum atomic E-state index is -1.14. The van der Waals surface area contributed by atoms with Gasteiger partial charge < -0.3 is 20.1 Å². The van der Waals surface area contributed by atoms with E-state index in [9.17, 15) is 19.5 Å². The summed E-state index contributed by atoms with van der Waals surface area (Å²) in [7, 11) is 0. The van der Waals surface area contributed by atoms with Gasteiger partial charge in [0.2, 0.25) is 11.8 Å². The number of carboxylic acids is 1. The van der Waals surface area contributed by atoms with Crippen molar-refractivity contribution in [2.24, 2.45) is 0 Å². The lowest BCUT2D eigenvalue weighted by atomic mass is 10.1. The molecule has 7 heteroatoms. The lowest BCUT2D eigenvalue weighted by molar-refractivity contribution is -0.142. The van der Waals surface area contributed by atoms with Gasteiger partial charge in [-0.05, 0) is 5.56 Å². The molecule has 1 heterocycles. The quantitative estimate of drug-likeness (QED) is 0.799. The van der Waals surface area contributed by atoms with E-state index in [1.807, 2.05) is 0 Å². The molecular formula is C16H20N2O5.